The minimum absolute atomic E-state index is 0.0981. The van der Waals surface area contributed by atoms with E-state index in [-0.39, 0.29) is 29.7 Å². The van der Waals surface area contributed by atoms with Crippen LogP contribution < -0.4 is 16.4 Å². The van der Waals surface area contributed by atoms with Crippen LogP contribution in [0.3, 0.4) is 0 Å². The Hall–Kier alpha value is -3.19. The van der Waals surface area contributed by atoms with Crippen molar-refractivity contribution in [3.63, 3.8) is 0 Å². The number of nitrogens with two attached hydrogens (primary N) is 1. The lowest BCUT2D eigenvalue weighted by Crippen LogP contribution is -2.60. The summed E-state index contributed by atoms with van der Waals surface area (Å²) >= 11 is 0. The summed E-state index contributed by atoms with van der Waals surface area (Å²) in [6, 6.07) is 12.1. The predicted molar refractivity (Wildman–Crippen MR) is 133 cm³/mol. The fraction of sp³-hybridized carbons (Fsp3) is 0.407. The number of carbonyl (C=O) groups is 2. The molecule has 1 heterocycles. The molecule has 0 aliphatic carbocycles. The molecule has 0 spiro atoms. The molecule has 1 aliphatic heterocycles. The molecule has 4 N–H and O–H groups in total. The Bertz CT molecular complexity index is 1060. The van der Waals surface area contributed by atoms with Crippen LogP contribution in [0.2, 0.25) is 0 Å². The molecule has 7 heteroatoms. The molecule has 2 amide bonds. The average Bonchev–Trinajstić information content (AvgIpc) is 2.83. The number of likely N-dealkylation sites (N-methyl/N-ethyl adjacent to an activating group) is 1. The van der Waals surface area contributed by atoms with E-state index >= 15 is 0 Å². The maximum Gasteiger partial charge on any atom is 0.251 e. The van der Waals surface area contributed by atoms with Gasteiger partial charge in [0, 0.05) is 23.6 Å². The maximum atomic E-state index is 13.9. The molecule has 3 unspecified atom stereocenters. The molecule has 0 radical (unpaired) electrons. The molecule has 0 bridgehead atoms. The molecule has 2 aromatic rings. The molecule has 0 fully saturated rings. The maximum absolute atomic E-state index is 13.9. The fourth-order valence-corrected chi connectivity index (χ4v) is 4.76. The second-order valence-corrected chi connectivity index (χ2v) is 8.88. The van der Waals surface area contributed by atoms with Gasteiger partial charge in [-0.2, -0.15) is 0 Å². The van der Waals surface area contributed by atoms with Gasteiger partial charge < -0.3 is 16.4 Å². The minimum Gasteiger partial charge on any atom is -0.385 e. The molecule has 3 atom stereocenters. The van der Waals surface area contributed by atoms with Crippen LogP contribution in [0, 0.1) is 12.7 Å². The Morgan fingerprint density at radius 3 is 2.35 bits per heavy atom. The van der Waals surface area contributed by atoms with E-state index in [4.69, 9.17) is 5.73 Å². The highest BCUT2D eigenvalue weighted by Crippen LogP contribution is 2.38. The van der Waals surface area contributed by atoms with Crippen molar-refractivity contribution >= 4 is 11.8 Å². The first-order valence-electron chi connectivity index (χ1n) is 11.9. The Balaban J connectivity index is 2.18. The van der Waals surface area contributed by atoms with Crippen LogP contribution in [0.15, 0.2) is 59.9 Å². The Labute approximate surface area is 201 Å². The third-order valence-corrected chi connectivity index (χ3v) is 6.73. The van der Waals surface area contributed by atoms with Crippen molar-refractivity contribution in [3.05, 3.63) is 82.4 Å². The van der Waals surface area contributed by atoms with Crippen molar-refractivity contribution in [2.75, 3.05) is 7.05 Å². The van der Waals surface area contributed by atoms with Gasteiger partial charge in [0.25, 0.3) is 11.8 Å². The van der Waals surface area contributed by atoms with Gasteiger partial charge in [0.05, 0.1) is 0 Å². The van der Waals surface area contributed by atoms with Gasteiger partial charge >= 0.3 is 0 Å². The van der Waals surface area contributed by atoms with Crippen LogP contribution >= 0.6 is 0 Å². The van der Waals surface area contributed by atoms with E-state index in [1.807, 2.05) is 46.9 Å². The van der Waals surface area contributed by atoms with Gasteiger partial charge in [-0.05, 0) is 69.1 Å². The molecular weight excluding hydrogens is 431 g/mol. The lowest BCUT2D eigenvalue weighted by Gasteiger charge is -2.44. The largest absolute Gasteiger partial charge is 0.385 e. The molecule has 34 heavy (non-hydrogen) atoms. The SMILES string of the molecule is CCC(CC)N1C(=O)C(NC(=O)c2cccc(C)c2)C(c2ccc(F)cc2)C(C(C)NC)=C1N. The van der Waals surface area contributed by atoms with Gasteiger partial charge in [-0.1, -0.05) is 43.7 Å². The van der Waals surface area contributed by atoms with Crippen LogP contribution in [0.5, 0.6) is 0 Å². The molecular formula is C27H35FN4O2. The van der Waals surface area contributed by atoms with Crippen LogP contribution in [0.4, 0.5) is 4.39 Å². The second-order valence-electron chi connectivity index (χ2n) is 8.88. The highest BCUT2D eigenvalue weighted by atomic mass is 19.1. The minimum atomic E-state index is -0.892. The van der Waals surface area contributed by atoms with Crippen molar-refractivity contribution in [3.8, 4) is 0 Å². The van der Waals surface area contributed by atoms with Crippen molar-refractivity contribution in [1.29, 1.82) is 0 Å². The molecule has 182 valence electrons. The lowest BCUT2D eigenvalue weighted by atomic mass is 9.77. The monoisotopic (exact) mass is 466 g/mol. The number of benzene rings is 2. The van der Waals surface area contributed by atoms with Crippen molar-refractivity contribution in [1.82, 2.24) is 15.5 Å². The average molecular weight is 467 g/mol. The summed E-state index contributed by atoms with van der Waals surface area (Å²) < 4.78 is 13.8. The number of carbonyl (C=O) groups excluding carboxylic acids is 2. The number of amides is 2. The molecule has 3 rings (SSSR count). The topological polar surface area (TPSA) is 87.5 Å². The normalized spacial score (nSPS) is 19.5. The zero-order chi connectivity index (χ0) is 25.0. The first-order chi connectivity index (χ1) is 16.2. The summed E-state index contributed by atoms with van der Waals surface area (Å²) in [5.41, 5.74) is 9.63. The van der Waals surface area contributed by atoms with E-state index < -0.39 is 12.0 Å². The highest BCUT2D eigenvalue weighted by molar-refractivity contribution is 5.99. The fourth-order valence-electron chi connectivity index (χ4n) is 4.76. The van der Waals surface area contributed by atoms with Gasteiger partial charge in [0.15, 0.2) is 0 Å². The summed E-state index contributed by atoms with van der Waals surface area (Å²) in [4.78, 5) is 28.9. The first kappa shape index (κ1) is 25.4. The zero-order valence-corrected chi connectivity index (χ0v) is 20.6. The summed E-state index contributed by atoms with van der Waals surface area (Å²) in [5.74, 6) is -1.11. The molecule has 0 saturated heterocycles. The van der Waals surface area contributed by atoms with E-state index in [1.54, 1.807) is 29.2 Å². The summed E-state index contributed by atoms with van der Waals surface area (Å²) in [7, 11) is 1.82. The molecule has 0 saturated carbocycles. The number of nitrogens with zero attached hydrogens (tertiary/aromatic N) is 1. The number of nitrogens with one attached hydrogen (secondary N) is 2. The zero-order valence-electron chi connectivity index (χ0n) is 20.6. The van der Waals surface area contributed by atoms with Crippen LogP contribution in [-0.4, -0.2) is 41.9 Å². The van der Waals surface area contributed by atoms with E-state index in [0.29, 0.717) is 16.9 Å². The van der Waals surface area contributed by atoms with Crippen molar-refractivity contribution in [2.24, 2.45) is 5.73 Å². The summed E-state index contributed by atoms with van der Waals surface area (Å²) in [5, 5.41) is 6.23. The van der Waals surface area contributed by atoms with Gasteiger partial charge in [-0.3, -0.25) is 14.5 Å². The first-order valence-corrected chi connectivity index (χ1v) is 11.9. The number of aryl methyl sites for hydroxylation is 1. The smallest absolute Gasteiger partial charge is 0.251 e. The van der Waals surface area contributed by atoms with Crippen molar-refractivity contribution in [2.45, 2.75) is 64.6 Å². The number of hydrogen-bond donors (Lipinski definition) is 3. The van der Waals surface area contributed by atoms with Gasteiger partial charge in [0.2, 0.25) is 0 Å². The third kappa shape index (κ3) is 4.99. The molecule has 2 aromatic carbocycles. The van der Waals surface area contributed by atoms with E-state index in [9.17, 15) is 14.0 Å². The van der Waals surface area contributed by atoms with E-state index in [2.05, 4.69) is 10.6 Å². The quantitative estimate of drug-likeness (QED) is 0.552. The number of halogens is 1. The Morgan fingerprint density at radius 1 is 1.15 bits per heavy atom. The third-order valence-electron chi connectivity index (χ3n) is 6.73. The Kier molecular flexibility index (Phi) is 8.10. The van der Waals surface area contributed by atoms with Crippen LogP contribution in [0.1, 0.15) is 61.0 Å². The standard InChI is InChI=1S/C27H35FN4O2/c1-6-21(7-2)32-25(29)22(17(4)30-5)23(18-11-13-20(28)14-12-18)24(27(32)34)31-26(33)19-10-8-9-16(3)15-19/h8-15,17,21,23-24,30H,6-7,29H2,1-5H3,(H,31,33). The molecule has 1 aliphatic rings. The van der Waals surface area contributed by atoms with Gasteiger partial charge in [-0.25, -0.2) is 4.39 Å². The van der Waals surface area contributed by atoms with Gasteiger partial charge in [0.1, 0.15) is 17.7 Å². The van der Waals surface area contributed by atoms with E-state index in [1.165, 1.54) is 12.1 Å². The van der Waals surface area contributed by atoms with Crippen molar-refractivity contribution < 1.29 is 14.0 Å². The highest BCUT2D eigenvalue weighted by Gasteiger charge is 2.45. The van der Waals surface area contributed by atoms with Gasteiger partial charge in [-0.15, -0.1) is 0 Å². The molecule has 6 nitrogen and oxygen atoms in total. The summed E-state index contributed by atoms with van der Waals surface area (Å²) in [6.45, 7) is 7.92. The number of rotatable bonds is 8. The lowest BCUT2D eigenvalue weighted by molar-refractivity contribution is -0.135. The van der Waals surface area contributed by atoms with Crippen LogP contribution in [0.25, 0.3) is 0 Å². The van der Waals surface area contributed by atoms with Crippen LogP contribution in [-0.2, 0) is 4.79 Å². The summed E-state index contributed by atoms with van der Waals surface area (Å²) in [6.07, 6.45) is 1.45. The second kappa shape index (κ2) is 10.8. The number of hydrogen-bond acceptors (Lipinski definition) is 4. The molecule has 0 aromatic heterocycles. The van der Waals surface area contributed by atoms with E-state index in [0.717, 1.165) is 24.0 Å². The predicted octanol–water partition coefficient (Wildman–Crippen LogP) is 3.83. The Morgan fingerprint density at radius 2 is 1.79 bits per heavy atom.